The summed E-state index contributed by atoms with van der Waals surface area (Å²) in [5, 5.41) is 6.44. The molecule has 0 atom stereocenters. The van der Waals surface area contributed by atoms with Crippen molar-refractivity contribution in [1.29, 1.82) is 0 Å². The topological polar surface area (TPSA) is 68.0 Å². The van der Waals surface area contributed by atoms with Crippen molar-refractivity contribution >= 4 is 11.6 Å². The van der Waals surface area contributed by atoms with Crippen LogP contribution in [0.1, 0.15) is 23.4 Å². The van der Waals surface area contributed by atoms with Gasteiger partial charge in [-0.1, -0.05) is 35.0 Å². The number of rotatable bonds is 5. The lowest BCUT2D eigenvalue weighted by Gasteiger charge is -2.06. The number of hydrogen-bond donors (Lipinski definition) is 1. The number of aromatic nitrogens is 2. The van der Waals surface area contributed by atoms with Gasteiger partial charge in [-0.05, 0) is 31.2 Å². The number of halogens is 3. The molecule has 8 heteroatoms. The van der Waals surface area contributed by atoms with Crippen LogP contribution in [0.2, 0.25) is 0 Å². The van der Waals surface area contributed by atoms with Crippen LogP contribution in [0.4, 0.5) is 18.9 Å². The maximum absolute atomic E-state index is 12.8. The fourth-order valence-corrected chi connectivity index (χ4v) is 2.39. The average Bonchev–Trinajstić information content (AvgIpc) is 3.10. The number of aryl methyl sites for hydroxylation is 2. The third-order valence-corrected chi connectivity index (χ3v) is 3.82. The highest BCUT2D eigenvalue weighted by Crippen LogP contribution is 2.31. The Morgan fingerprint density at radius 2 is 1.89 bits per heavy atom. The zero-order valence-corrected chi connectivity index (χ0v) is 14.4. The van der Waals surface area contributed by atoms with Gasteiger partial charge < -0.3 is 9.84 Å². The smallest absolute Gasteiger partial charge is 0.339 e. The molecule has 2 aromatic carbocycles. The largest absolute Gasteiger partial charge is 0.416 e. The van der Waals surface area contributed by atoms with E-state index in [1.165, 1.54) is 12.1 Å². The van der Waals surface area contributed by atoms with E-state index in [4.69, 9.17) is 4.52 Å². The first-order valence-corrected chi connectivity index (χ1v) is 8.18. The van der Waals surface area contributed by atoms with Crippen LogP contribution in [-0.2, 0) is 17.4 Å². The highest BCUT2D eigenvalue weighted by molar-refractivity contribution is 5.90. The molecule has 0 bridgehead atoms. The Labute approximate surface area is 153 Å². The number of anilines is 1. The summed E-state index contributed by atoms with van der Waals surface area (Å²) in [6.45, 7) is 1.95. The van der Waals surface area contributed by atoms with Crippen molar-refractivity contribution in [2.45, 2.75) is 25.9 Å². The first kappa shape index (κ1) is 18.6. The molecule has 5 nitrogen and oxygen atoms in total. The minimum absolute atomic E-state index is 0.0510. The van der Waals surface area contributed by atoms with E-state index in [2.05, 4.69) is 15.5 Å². The highest BCUT2D eigenvalue weighted by atomic mass is 19.4. The van der Waals surface area contributed by atoms with Crippen LogP contribution >= 0.6 is 0 Å². The number of carbonyl (C=O) groups excluding carboxylic acids is 1. The summed E-state index contributed by atoms with van der Waals surface area (Å²) in [6, 6.07) is 12.0. The minimum Gasteiger partial charge on any atom is -0.339 e. The standard InChI is InChI=1S/C19H16F3N3O2/c1-12-5-7-15(8-6-12)23-16(26)9-10-17-24-18(25-27-17)13-3-2-4-14(11-13)19(20,21)22/h2-8,11H,9-10H2,1H3,(H,23,26). The highest BCUT2D eigenvalue weighted by Gasteiger charge is 2.30. The molecule has 0 aliphatic rings. The molecular formula is C19H16F3N3O2. The van der Waals surface area contributed by atoms with Gasteiger partial charge in [-0.2, -0.15) is 18.2 Å². The van der Waals surface area contributed by atoms with Gasteiger partial charge in [0.05, 0.1) is 5.56 Å². The van der Waals surface area contributed by atoms with Crippen LogP contribution in [0.3, 0.4) is 0 Å². The number of nitrogens with one attached hydrogen (secondary N) is 1. The number of carbonyl (C=O) groups is 1. The predicted molar refractivity (Wildman–Crippen MR) is 92.9 cm³/mol. The molecule has 0 saturated carbocycles. The molecule has 0 radical (unpaired) electrons. The van der Waals surface area contributed by atoms with Crippen LogP contribution in [0.5, 0.6) is 0 Å². The quantitative estimate of drug-likeness (QED) is 0.706. The van der Waals surface area contributed by atoms with Gasteiger partial charge >= 0.3 is 6.18 Å². The third kappa shape index (κ3) is 4.93. The molecule has 0 aliphatic carbocycles. The van der Waals surface area contributed by atoms with E-state index in [1.807, 2.05) is 19.1 Å². The van der Waals surface area contributed by atoms with Gasteiger partial charge in [0.15, 0.2) is 0 Å². The second kappa shape index (κ2) is 7.61. The summed E-state index contributed by atoms with van der Waals surface area (Å²) < 4.78 is 43.4. The van der Waals surface area contributed by atoms with Gasteiger partial charge in [0.2, 0.25) is 17.6 Å². The van der Waals surface area contributed by atoms with E-state index in [-0.39, 0.29) is 36.0 Å². The Bertz CT molecular complexity index is 934. The van der Waals surface area contributed by atoms with E-state index in [1.54, 1.807) is 12.1 Å². The predicted octanol–water partition coefficient (Wildman–Crippen LogP) is 4.64. The van der Waals surface area contributed by atoms with Gasteiger partial charge in [-0.3, -0.25) is 4.79 Å². The monoisotopic (exact) mass is 375 g/mol. The van der Waals surface area contributed by atoms with Crippen molar-refractivity contribution in [3.05, 3.63) is 65.5 Å². The molecule has 0 saturated heterocycles. The molecule has 0 aliphatic heterocycles. The summed E-state index contributed by atoms with van der Waals surface area (Å²) in [6.07, 6.45) is -4.15. The molecular weight excluding hydrogens is 359 g/mol. The lowest BCUT2D eigenvalue weighted by molar-refractivity contribution is -0.137. The van der Waals surface area contributed by atoms with Gasteiger partial charge in [0.25, 0.3) is 0 Å². The van der Waals surface area contributed by atoms with E-state index in [9.17, 15) is 18.0 Å². The minimum atomic E-state index is -4.45. The molecule has 1 amide bonds. The van der Waals surface area contributed by atoms with Crippen molar-refractivity contribution in [3.8, 4) is 11.4 Å². The zero-order chi connectivity index (χ0) is 19.4. The first-order chi connectivity index (χ1) is 12.8. The Kier molecular flexibility index (Phi) is 5.25. The molecule has 0 spiro atoms. The molecule has 0 unspecified atom stereocenters. The molecule has 1 N–H and O–H groups in total. The van der Waals surface area contributed by atoms with Crippen LogP contribution in [0.25, 0.3) is 11.4 Å². The van der Waals surface area contributed by atoms with E-state index in [0.29, 0.717) is 5.69 Å². The summed E-state index contributed by atoms with van der Waals surface area (Å²) in [7, 11) is 0. The number of hydrogen-bond acceptors (Lipinski definition) is 4. The number of benzene rings is 2. The summed E-state index contributed by atoms with van der Waals surface area (Å²) >= 11 is 0. The first-order valence-electron chi connectivity index (χ1n) is 8.18. The lowest BCUT2D eigenvalue weighted by Crippen LogP contribution is -2.12. The van der Waals surface area contributed by atoms with Crippen LogP contribution in [0.15, 0.2) is 53.1 Å². The number of amides is 1. The van der Waals surface area contributed by atoms with Crippen molar-refractivity contribution < 1.29 is 22.5 Å². The normalized spacial score (nSPS) is 11.4. The van der Waals surface area contributed by atoms with Gasteiger partial charge in [0.1, 0.15) is 0 Å². The van der Waals surface area contributed by atoms with Crippen molar-refractivity contribution in [1.82, 2.24) is 10.1 Å². The van der Waals surface area contributed by atoms with E-state index >= 15 is 0 Å². The number of alkyl halides is 3. The van der Waals surface area contributed by atoms with E-state index < -0.39 is 11.7 Å². The molecule has 1 heterocycles. The maximum atomic E-state index is 12.8. The second-order valence-corrected chi connectivity index (χ2v) is 6.00. The van der Waals surface area contributed by atoms with Crippen molar-refractivity contribution in [2.75, 3.05) is 5.32 Å². The fraction of sp³-hybridized carbons (Fsp3) is 0.211. The Hall–Kier alpha value is -3.16. The van der Waals surface area contributed by atoms with Crippen LogP contribution in [-0.4, -0.2) is 16.0 Å². The summed E-state index contributed by atoms with van der Waals surface area (Å²) in [4.78, 5) is 16.0. The fourth-order valence-electron chi connectivity index (χ4n) is 2.39. The SMILES string of the molecule is Cc1ccc(NC(=O)CCc2nc(-c3cccc(C(F)(F)F)c3)no2)cc1. The molecule has 1 aromatic heterocycles. The summed E-state index contributed by atoms with van der Waals surface area (Å²) in [5.41, 5.74) is 1.18. The molecule has 140 valence electrons. The molecule has 3 rings (SSSR count). The third-order valence-electron chi connectivity index (χ3n) is 3.82. The zero-order valence-electron chi connectivity index (χ0n) is 14.4. The maximum Gasteiger partial charge on any atom is 0.416 e. The summed E-state index contributed by atoms with van der Waals surface area (Å²) in [5.74, 6) is 0.00850. The van der Waals surface area contributed by atoms with Crippen LogP contribution in [0, 0.1) is 6.92 Å². The Morgan fingerprint density at radius 3 is 2.59 bits per heavy atom. The van der Waals surface area contributed by atoms with Gasteiger partial charge in [0, 0.05) is 24.1 Å². The molecule has 0 fully saturated rings. The second-order valence-electron chi connectivity index (χ2n) is 6.00. The Morgan fingerprint density at radius 1 is 1.15 bits per heavy atom. The Balaban J connectivity index is 1.61. The average molecular weight is 375 g/mol. The number of nitrogens with zero attached hydrogens (tertiary/aromatic N) is 2. The van der Waals surface area contributed by atoms with Gasteiger partial charge in [-0.25, -0.2) is 0 Å². The molecule has 27 heavy (non-hydrogen) atoms. The van der Waals surface area contributed by atoms with Gasteiger partial charge in [-0.15, -0.1) is 0 Å². The van der Waals surface area contributed by atoms with E-state index in [0.717, 1.165) is 17.7 Å². The lowest BCUT2D eigenvalue weighted by atomic mass is 10.1. The molecule has 3 aromatic rings. The van der Waals surface area contributed by atoms with Crippen molar-refractivity contribution in [2.24, 2.45) is 0 Å². The van der Waals surface area contributed by atoms with Crippen LogP contribution < -0.4 is 5.32 Å². The van der Waals surface area contributed by atoms with Crippen molar-refractivity contribution in [3.63, 3.8) is 0 Å².